The Labute approximate surface area is 211 Å². The van der Waals surface area contributed by atoms with Crippen LogP contribution in [0.4, 0.5) is 0 Å². The maximum Gasteiger partial charge on any atom is -0.0253 e. The Hall–Kier alpha value is -1.01. The van der Waals surface area contributed by atoms with Crippen LogP contribution in [0.2, 0.25) is 0 Å². The Morgan fingerprint density at radius 3 is 2.28 bits per heavy atom. The first kappa shape index (κ1) is 25.6. The van der Waals surface area contributed by atoms with Crippen LogP contribution in [0.5, 0.6) is 0 Å². The molecule has 0 unspecified atom stereocenters. The monoisotopic (exact) mass is 514 g/mol. The predicted octanol–water partition coefficient (Wildman–Crippen LogP) is 8.92. The molecule has 4 heteroatoms. The van der Waals surface area contributed by atoms with E-state index >= 15 is 0 Å². The number of halogens is 2. The summed E-state index contributed by atoms with van der Waals surface area (Å²) in [6, 6.07) is 31.6. The van der Waals surface area contributed by atoms with Crippen molar-refractivity contribution in [2.45, 2.75) is 33.1 Å². The molecule has 32 heavy (non-hydrogen) atoms. The molecule has 0 bridgehead atoms. The number of rotatable bonds is 5. The molecule has 1 aliphatic rings. The molecule has 4 aromatic carbocycles. The van der Waals surface area contributed by atoms with Gasteiger partial charge in [-0.2, -0.15) is 35.9 Å². The van der Waals surface area contributed by atoms with Gasteiger partial charge in [-0.3, -0.25) is 0 Å². The molecule has 4 aromatic rings. The Balaban J connectivity index is 0.000000163. The predicted molar refractivity (Wildman–Crippen MR) is 142 cm³/mol. The smallest absolute Gasteiger partial charge is 0.0253 e. The van der Waals surface area contributed by atoms with Crippen LogP contribution in [0.1, 0.15) is 37.8 Å². The minimum atomic E-state index is -0.556. The summed E-state index contributed by atoms with van der Waals surface area (Å²) in [5.41, 5.74) is 5.51. The molecule has 0 saturated heterocycles. The largest absolute Gasteiger partial charge is 0.179 e. The van der Waals surface area contributed by atoms with Crippen LogP contribution in [0.15, 0.2) is 78.9 Å². The van der Waals surface area contributed by atoms with E-state index in [0.29, 0.717) is 0 Å². The van der Waals surface area contributed by atoms with Gasteiger partial charge in [0.1, 0.15) is 0 Å². The van der Waals surface area contributed by atoms with Crippen LogP contribution < -0.4 is 5.30 Å². The van der Waals surface area contributed by atoms with E-state index in [-0.39, 0.29) is 7.92 Å². The molecule has 1 aliphatic carbocycles. The Kier molecular flexibility index (Phi) is 10.9. The van der Waals surface area contributed by atoms with Gasteiger partial charge in [-0.05, 0) is 18.7 Å². The minimum Gasteiger partial charge on any atom is -0.179 e. The van der Waals surface area contributed by atoms with Crippen LogP contribution in [0.3, 0.4) is 0 Å². The van der Waals surface area contributed by atoms with Gasteiger partial charge in [-0.1, -0.05) is 76.1 Å². The van der Waals surface area contributed by atoms with Crippen molar-refractivity contribution in [3.8, 4) is 11.1 Å². The first-order valence-corrected chi connectivity index (χ1v) is 17.2. The minimum absolute atomic E-state index is 0.0972. The van der Waals surface area contributed by atoms with Gasteiger partial charge in [0.25, 0.3) is 0 Å². The maximum absolute atomic E-state index is 4.89. The van der Waals surface area contributed by atoms with Gasteiger partial charge < -0.3 is 0 Å². The molecule has 0 atom stereocenters. The summed E-state index contributed by atoms with van der Waals surface area (Å²) < 4.78 is 0. The third-order valence-corrected chi connectivity index (χ3v) is 8.53. The normalized spacial score (nSPS) is 11.2. The van der Waals surface area contributed by atoms with Gasteiger partial charge in [0, 0.05) is 0 Å². The SMILES string of the molecule is CCCP(CCC)c1cc2ccccc2[cH-]1.[Cl][Ti][Cl].[c-]1cccc2c1Cc1ccccc1-2. The molecule has 0 spiro atoms. The third-order valence-electron chi connectivity index (χ3n) is 5.57. The topological polar surface area (TPSA) is 0 Å². The molecular weight excluding hydrogens is 486 g/mol. The van der Waals surface area contributed by atoms with Crippen molar-refractivity contribution in [1.82, 2.24) is 0 Å². The zero-order chi connectivity index (χ0) is 22.8. The van der Waals surface area contributed by atoms with Crippen LogP contribution >= 0.6 is 26.5 Å². The van der Waals surface area contributed by atoms with E-state index in [0.717, 1.165) is 6.42 Å². The molecule has 0 amide bonds. The summed E-state index contributed by atoms with van der Waals surface area (Å²) in [6.45, 7) is 4.60. The molecule has 0 fully saturated rings. The molecule has 0 N–H and O–H groups in total. The number of hydrogen-bond acceptors (Lipinski definition) is 0. The summed E-state index contributed by atoms with van der Waals surface area (Å²) in [5, 5.41) is 4.44. The van der Waals surface area contributed by atoms with Crippen molar-refractivity contribution in [3.05, 3.63) is 96.1 Å². The van der Waals surface area contributed by atoms with Crippen molar-refractivity contribution in [3.63, 3.8) is 0 Å². The average Bonchev–Trinajstić information content (AvgIpc) is 3.41. The second-order valence-electron chi connectivity index (χ2n) is 7.80. The van der Waals surface area contributed by atoms with Gasteiger partial charge >= 0.3 is 35.6 Å². The molecule has 0 saturated carbocycles. The number of benzene rings is 3. The standard InChI is InChI=1S/C15H20P.C13H9.2ClH.Ti/c1-3-9-16(10-4-2)15-11-13-7-5-6-8-14(13)12-15;1-3-7-12-10(5-1)9-11-6-2-4-8-13(11)12;;;/h5-8,11-12H,3-4,9-10H2,1-2H3;1-5,7-8H,9H2;2*1H;/q2*-1;;;+2/p-2. The van der Waals surface area contributed by atoms with Gasteiger partial charge in [-0.25, -0.2) is 0 Å². The quantitative estimate of drug-likeness (QED) is 0.125. The Morgan fingerprint density at radius 2 is 1.56 bits per heavy atom. The fourth-order valence-electron chi connectivity index (χ4n) is 4.22. The first-order chi connectivity index (χ1) is 15.7. The molecule has 0 radical (unpaired) electrons. The second kappa shape index (κ2) is 13.6. The Bertz CT molecular complexity index is 1020. The van der Waals surface area contributed by atoms with Crippen molar-refractivity contribution in [2.75, 3.05) is 12.3 Å². The maximum atomic E-state index is 4.89. The molecule has 0 aromatic heterocycles. The van der Waals surface area contributed by atoms with Crippen molar-refractivity contribution < 1.29 is 17.0 Å². The third kappa shape index (κ3) is 6.76. The zero-order valence-electron chi connectivity index (χ0n) is 18.7. The molecule has 166 valence electrons. The summed E-state index contributed by atoms with van der Waals surface area (Å²) >= 11 is -0.556. The molecule has 0 nitrogen and oxygen atoms in total. The number of hydrogen-bond donors (Lipinski definition) is 0. The van der Waals surface area contributed by atoms with E-state index in [4.69, 9.17) is 18.6 Å². The van der Waals surface area contributed by atoms with Crippen LogP contribution in [0.25, 0.3) is 21.9 Å². The van der Waals surface area contributed by atoms with E-state index < -0.39 is 17.0 Å². The van der Waals surface area contributed by atoms with Crippen molar-refractivity contribution >= 4 is 42.6 Å². The summed E-state index contributed by atoms with van der Waals surface area (Å²) in [6.07, 6.45) is 6.45. The van der Waals surface area contributed by atoms with E-state index in [1.54, 1.807) is 5.30 Å². The van der Waals surface area contributed by atoms with Gasteiger partial charge in [0.2, 0.25) is 0 Å². The second-order valence-corrected chi connectivity index (χ2v) is 12.9. The summed E-state index contributed by atoms with van der Waals surface area (Å²) in [5.74, 6) is 0. The van der Waals surface area contributed by atoms with Gasteiger partial charge in [0.15, 0.2) is 0 Å². The molecular formula is C28H29Cl2PTi-2. The van der Waals surface area contributed by atoms with Gasteiger partial charge in [0.05, 0.1) is 0 Å². The van der Waals surface area contributed by atoms with Gasteiger partial charge in [-0.15, -0.1) is 45.9 Å². The van der Waals surface area contributed by atoms with E-state index in [1.165, 1.54) is 58.2 Å². The summed E-state index contributed by atoms with van der Waals surface area (Å²) in [7, 11) is 9.88. The van der Waals surface area contributed by atoms with Crippen LogP contribution in [0, 0.1) is 6.07 Å². The number of fused-ring (bicyclic) bond motifs is 4. The van der Waals surface area contributed by atoms with Crippen molar-refractivity contribution in [1.29, 1.82) is 0 Å². The Morgan fingerprint density at radius 1 is 0.906 bits per heavy atom. The van der Waals surface area contributed by atoms with E-state index in [1.807, 2.05) is 6.07 Å². The fraction of sp³-hybridized carbons (Fsp3) is 0.250. The zero-order valence-corrected chi connectivity index (χ0v) is 22.7. The molecule has 0 aliphatic heterocycles. The van der Waals surface area contributed by atoms with E-state index in [9.17, 15) is 0 Å². The van der Waals surface area contributed by atoms with Crippen LogP contribution in [-0.2, 0) is 23.5 Å². The van der Waals surface area contributed by atoms with Crippen LogP contribution in [-0.4, -0.2) is 12.3 Å². The van der Waals surface area contributed by atoms with Crippen molar-refractivity contribution in [2.24, 2.45) is 0 Å². The fourth-order valence-corrected chi connectivity index (χ4v) is 6.69. The molecule has 0 heterocycles. The average molecular weight is 515 g/mol. The molecule has 5 rings (SSSR count). The van der Waals surface area contributed by atoms with E-state index in [2.05, 4.69) is 92.7 Å². The summed E-state index contributed by atoms with van der Waals surface area (Å²) in [4.78, 5) is 0. The first-order valence-electron chi connectivity index (χ1n) is 11.2.